The fourth-order valence-corrected chi connectivity index (χ4v) is 1.88. The molecule has 1 aromatic heterocycles. The number of aromatic carboxylic acids is 1. The van der Waals surface area contributed by atoms with Gasteiger partial charge in [-0.25, -0.2) is 9.48 Å². The first kappa shape index (κ1) is 12.5. The van der Waals surface area contributed by atoms with Gasteiger partial charge in [-0.1, -0.05) is 0 Å². The van der Waals surface area contributed by atoms with Gasteiger partial charge < -0.3 is 5.11 Å². The zero-order valence-corrected chi connectivity index (χ0v) is 10.9. The number of carboxylic acids is 1. The van der Waals surface area contributed by atoms with Crippen LogP contribution in [0, 0.1) is 13.7 Å². The average molecular weight is 359 g/mol. The predicted octanol–water partition coefficient (Wildman–Crippen LogP) is 2.08. The average Bonchev–Trinajstić information content (AvgIpc) is 2.78. The van der Waals surface area contributed by atoms with Gasteiger partial charge in [0.05, 0.1) is 16.7 Å². The number of nitro benzene ring substituents is 1. The van der Waals surface area contributed by atoms with E-state index in [9.17, 15) is 14.9 Å². The van der Waals surface area contributed by atoms with Gasteiger partial charge in [0.1, 0.15) is 5.69 Å². The smallest absolute Gasteiger partial charge is 0.338 e. The van der Waals surface area contributed by atoms with Crippen molar-refractivity contribution in [2.75, 3.05) is 0 Å². The van der Waals surface area contributed by atoms with Crippen LogP contribution >= 0.6 is 22.6 Å². The lowest BCUT2D eigenvalue weighted by atomic mass is 10.2. The molecule has 0 radical (unpaired) electrons. The van der Waals surface area contributed by atoms with Crippen molar-refractivity contribution >= 4 is 34.2 Å². The highest BCUT2D eigenvalue weighted by Gasteiger charge is 2.17. The molecule has 0 spiro atoms. The molecule has 0 saturated heterocycles. The van der Waals surface area contributed by atoms with E-state index < -0.39 is 10.9 Å². The number of nitro groups is 1. The largest absolute Gasteiger partial charge is 0.478 e. The van der Waals surface area contributed by atoms with Crippen LogP contribution in [-0.4, -0.2) is 25.8 Å². The maximum Gasteiger partial charge on any atom is 0.338 e. The maximum atomic E-state index is 10.9. The Balaban J connectivity index is 2.55. The lowest BCUT2D eigenvalue weighted by Crippen LogP contribution is -2.01. The third-order valence-corrected chi connectivity index (χ3v) is 2.88. The summed E-state index contributed by atoms with van der Waals surface area (Å²) in [6.45, 7) is 0. The van der Waals surface area contributed by atoms with E-state index in [-0.39, 0.29) is 16.9 Å². The van der Waals surface area contributed by atoms with Crippen LogP contribution in [0.3, 0.4) is 0 Å². The monoisotopic (exact) mass is 359 g/mol. The number of rotatable bonds is 3. The Kier molecular flexibility index (Phi) is 3.28. The van der Waals surface area contributed by atoms with E-state index >= 15 is 0 Å². The molecule has 0 aliphatic carbocycles. The molecular weight excluding hydrogens is 353 g/mol. The van der Waals surface area contributed by atoms with Gasteiger partial charge in [0.15, 0.2) is 0 Å². The first-order chi connectivity index (χ1) is 8.49. The molecular formula is C10H6IN3O4. The van der Waals surface area contributed by atoms with Crippen LogP contribution in [0.4, 0.5) is 5.69 Å². The van der Waals surface area contributed by atoms with E-state index in [2.05, 4.69) is 5.10 Å². The van der Waals surface area contributed by atoms with Crippen molar-refractivity contribution in [1.82, 2.24) is 9.78 Å². The fraction of sp³-hybridized carbons (Fsp3) is 0. The highest BCUT2D eigenvalue weighted by atomic mass is 127. The summed E-state index contributed by atoms with van der Waals surface area (Å²) in [7, 11) is 0. The molecule has 7 nitrogen and oxygen atoms in total. The minimum atomic E-state index is -1.13. The number of hydrogen-bond donors (Lipinski definition) is 1. The van der Waals surface area contributed by atoms with Crippen LogP contribution < -0.4 is 0 Å². The van der Waals surface area contributed by atoms with Crippen molar-refractivity contribution in [3.05, 3.63) is 49.8 Å². The Morgan fingerprint density at radius 2 is 2.22 bits per heavy atom. The van der Waals surface area contributed by atoms with Gasteiger partial charge >= 0.3 is 5.97 Å². The summed E-state index contributed by atoms with van der Waals surface area (Å²) in [5.74, 6) is -1.13. The Labute approximate surface area is 114 Å². The SMILES string of the molecule is O=C(O)c1cnn(-c2ccc(I)cc2[N+](=O)[O-])c1. The molecule has 2 rings (SSSR count). The second-order valence-electron chi connectivity index (χ2n) is 3.37. The van der Waals surface area contributed by atoms with Gasteiger partial charge in [-0.3, -0.25) is 10.1 Å². The van der Waals surface area contributed by atoms with Crippen molar-refractivity contribution < 1.29 is 14.8 Å². The van der Waals surface area contributed by atoms with Gasteiger partial charge in [-0.2, -0.15) is 5.10 Å². The first-order valence-electron chi connectivity index (χ1n) is 4.71. The second-order valence-corrected chi connectivity index (χ2v) is 4.61. The minimum Gasteiger partial charge on any atom is -0.478 e. The number of nitrogens with zero attached hydrogens (tertiary/aromatic N) is 3. The summed E-state index contributed by atoms with van der Waals surface area (Å²) in [6, 6.07) is 4.61. The third kappa shape index (κ3) is 2.32. The highest BCUT2D eigenvalue weighted by molar-refractivity contribution is 14.1. The molecule has 18 heavy (non-hydrogen) atoms. The zero-order chi connectivity index (χ0) is 13.3. The lowest BCUT2D eigenvalue weighted by molar-refractivity contribution is -0.384. The Bertz CT molecular complexity index is 638. The van der Waals surface area contributed by atoms with E-state index in [1.807, 2.05) is 22.6 Å². The molecule has 0 fully saturated rings. The summed E-state index contributed by atoms with van der Waals surface area (Å²) in [5.41, 5.74) is 0.0812. The maximum absolute atomic E-state index is 10.9. The molecule has 1 aromatic carbocycles. The summed E-state index contributed by atoms with van der Waals surface area (Å²) >= 11 is 1.96. The minimum absolute atomic E-state index is 0.0251. The number of aromatic nitrogens is 2. The molecule has 0 unspecified atom stereocenters. The third-order valence-electron chi connectivity index (χ3n) is 2.21. The molecule has 1 heterocycles. The molecule has 0 amide bonds. The normalized spacial score (nSPS) is 10.3. The first-order valence-corrected chi connectivity index (χ1v) is 5.79. The lowest BCUT2D eigenvalue weighted by Gasteiger charge is -2.02. The van der Waals surface area contributed by atoms with Crippen LogP contribution in [-0.2, 0) is 0 Å². The topological polar surface area (TPSA) is 98.3 Å². The number of benzene rings is 1. The molecule has 2 aromatic rings. The molecule has 1 N–H and O–H groups in total. The molecule has 0 atom stereocenters. The van der Waals surface area contributed by atoms with Gasteiger partial charge in [0, 0.05) is 15.8 Å². The number of hydrogen-bond acceptors (Lipinski definition) is 4. The van der Waals surface area contributed by atoms with Crippen molar-refractivity contribution in [1.29, 1.82) is 0 Å². The van der Waals surface area contributed by atoms with Crippen molar-refractivity contribution in [3.8, 4) is 5.69 Å². The fourth-order valence-electron chi connectivity index (χ4n) is 1.40. The van der Waals surface area contributed by atoms with Crippen LogP contribution in [0.2, 0.25) is 0 Å². The van der Waals surface area contributed by atoms with E-state index in [0.29, 0.717) is 3.57 Å². The van der Waals surface area contributed by atoms with Crippen molar-refractivity contribution in [3.63, 3.8) is 0 Å². The van der Waals surface area contributed by atoms with E-state index in [0.717, 1.165) is 6.20 Å². The van der Waals surface area contributed by atoms with Crippen LogP contribution in [0.1, 0.15) is 10.4 Å². The second kappa shape index (κ2) is 4.72. The van der Waals surface area contributed by atoms with Gasteiger partial charge in [0.2, 0.25) is 0 Å². The summed E-state index contributed by atoms with van der Waals surface area (Å²) in [6.07, 6.45) is 2.38. The summed E-state index contributed by atoms with van der Waals surface area (Å²) < 4.78 is 1.89. The molecule has 0 bridgehead atoms. The van der Waals surface area contributed by atoms with E-state index in [1.54, 1.807) is 6.07 Å². The highest BCUT2D eigenvalue weighted by Crippen LogP contribution is 2.24. The standard InChI is InChI=1S/C10H6IN3O4/c11-7-1-2-8(9(3-7)14(17)18)13-5-6(4-12-13)10(15)16/h1-5H,(H,15,16). The molecule has 0 saturated carbocycles. The van der Waals surface area contributed by atoms with Crippen molar-refractivity contribution in [2.45, 2.75) is 0 Å². The van der Waals surface area contributed by atoms with Crippen molar-refractivity contribution in [2.24, 2.45) is 0 Å². The summed E-state index contributed by atoms with van der Waals surface area (Å²) in [4.78, 5) is 21.1. The van der Waals surface area contributed by atoms with Crippen LogP contribution in [0.25, 0.3) is 5.69 Å². The number of halogens is 1. The van der Waals surface area contributed by atoms with Gasteiger partial charge in [0.25, 0.3) is 5.69 Å². The molecule has 92 valence electrons. The Hall–Kier alpha value is -1.97. The van der Waals surface area contributed by atoms with Crippen LogP contribution in [0.5, 0.6) is 0 Å². The van der Waals surface area contributed by atoms with Gasteiger partial charge in [-0.05, 0) is 34.7 Å². The van der Waals surface area contributed by atoms with Gasteiger partial charge in [-0.15, -0.1) is 0 Å². The number of carboxylic acid groups (broad SMARTS) is 1. The number of carbonyl (C=O) groups is 1. The molecule has 8 heteroatoms. The van der Waals surface area contributed by atoms with Crippen LogP contribution in [0.15, 0.2) is 30.6 Å². The Morgan fingerprint density at radius 3 is 2.78 bits per heavy atom. The molecule has 0 aliphatic heterocycles. The quantitative estimate of drug-likeness (QED) is 0.514. The molecule has 0 aliphatic rings. The summed E-state index contributed by atoms with van der Waals surface area (Å²) in [5, 5.41) is 23.5. The zero-order valence-electron chi connectivity index (χ0n) is 8.78. The van der Waals surface area contributed by atoms with E-state index in [1.165, 1.54) is 23.0 Å². The Morgan fingerprint density at radius 1 is 1.50 bits per heavy atom. The van der Waals surface area contributed by atoms with E-state index in [4.69, 9.17) is 5.11 Å². The predicted molar refractivity (Wildman–Crippen MR) is 69.9 cm³/mol.